The second-order valence-corrected chi connectivity index (χ2v) is 4.86. The Hall–Kier alpha value is -1.56. The highest BCUT2D eigenvalue weighted by molar-refractivity contribution is 5.81. The molecule has 1 fully saturated rings. The van der Waals surface area contributed by atoms with Gasteiger partial charge in [-0.25, -0.2) is 13.2 Å². The summed E-state index contributed by atoms with van der Waals surface area (Å²) in [4.78, 5) is 11.7. The Kier molecular flexibility index (Phi) is 3.80. The molecule has 1 aliphatic rings. The smallest absolute Gasteiger partial charge is 0.223 e. The first-order valence-electron chi connectivity index (χ1n) is 5.99. The quantitative estimate of drug-likeness (QED) is 0.823. The minimum Gasteiger partial charge on any atom is -0.394 e. The summed E-state index contributed by atoms with van der Waals surface area (Å²) in [5.74, 6) is -4.37. The van der Waals surface area contributed by atoms with E-state index in [0.717, 1.165) is 18.6 Å². The number of nitrogens with one attached hydrogen (secondary N) is 1. The van der Waals surface area contributed by atoms with Crippen LogP contribution in [-0.2, 0) is 4.79 Å². The predicted octanol–water partition coefficient (Wildman–Crippen LogP) is 1.91. The van der Waals surface area contributed by atoms with Crippen molar-refractivity contribution in [1.29, 1.82) is 0 Å². The third kappa shape index (κ3) is 2.89. The standard InChI is InChI=1S/C13H14F3NO2/c1-6-2-8(6)13(19)17-11(5-18)7-3-9(14)12(16)10(15)4-7/h3-4,6,8,11,18H,2,5H2,1H3,(H,17,19). The largest absolute Gasteiger partial charge is 0.394 e. The lowest BCUT2D eigenvalue weighted by molar-refractivity contribution is -0.123. The lowest BCUT2D eigenvalue weighted by atomic mass is 10.1. The van der Waals surface area contributed by atoms with Crippen LogP contribution in [0.3, 0.4) is 0 Å². The van der Waals surface area contributed by atoms with E-state index in [1.54, 1.807) is 0 Å². The van der Waals surface area contributed by atoms with Crippen LogP contribution in [0.25, 0.3) is 0 Å². The monoisotopic (exact) mass is 273 g/mol. The molecule has 1 aromatic rings. The van der Waals surface area contributed by atoms with Crippen molar-refractivity contribution in [3.05, 3.63) is 35.1 Å². The molecule has 0 saturated heterocycles. The van der Waals surface area contributed by atoms with Crippen molar-refractivity contribution in [2.24, 2.45) is 11.8 Å². The molecular weight excluding hydrogens is 259 g/mol. The number of aliphatic hydroxyl groups excluding tert-OH is 1. The van der Waals surface area contributed by atoms with E-state index in [9.17, 15) is 23.1 Å². The average molecular weight is 273 g/mol. The van der Waals surface area contributed by atoms with E-state index in [0.29, 0.717) is 0 Å². The summed E-state index contributed by atoms with van der Waals surface area (Å²) in [5.41, 5.74) is 0.000512. The molecule has 104 valence electrons. The number of amides is 1. The number of benzene rings is 1. The van der Waals surface area contributed by atoms with Crippen molar-refractivity contribution in [3.8, 4) is 0 Å². The van der Waals surface area contributed by atoms with Crippen LogP contribution in [0.2, 0.25) is 0 Å². The van der Waals surface area contributed by atoms with E-state index in [2.05, 4.69) is 5.32 Å². The van der Waals surface area contributed by atoms with Crippen molar-refractivity contribution >= 4 is 5.91 Å². The number of rotatable bonds is 4. The first kappa shape index (κ1) is 13.9. The molecule has 0 radical (unpaired) electrons. The number of halogens is 3. The van der Waals surface area contributed by atoms with E-state index in [1.807, 2.05) is 6.92 Å². The maximum absolute atomic E-state index is 13.1. The van der Waals surface area contributed by atoms with Gasteiger partial charge in [0.05, 0.1) is 12.6 Å². The van der Waals surface area contributed by atoms with Crippen molar-refractivity contribution in [2.75, 3.05) is 6.61 Å². The molecule has 0 bridgehead atoms. The lowest BCUT2D eigenvalue weighted by Gasteiger charge is -2.17. The Morgan fingerprint density at radius 1 is 1.42 bits per heavy atom. The number of hydrogen-bond acceptors (Lipinski definition) is 2. The van der Waals surface area contributed by atoms with Crippen molar-refractivity contribution in [1.82, 2.24) is 5.32 Å². The summed E-state index contributed by atoms with van der Waals surface area (Å²) in [6.45, 7) is 1.40. The molecule has 2 N–H and O–H groups in total. The van der Waals surface area contributed by atoms with E-state index in [1.165, 1.54) is 0 Å². The van der Waals surface area contributed by atoms with Gasteiger partial charge in [-0.1, -0.05) is 6.92 Å². The molecule has 19 heavy (non-hydrogen) atoms. The van der Waals surface area contributed by atoms with Crippen LogP contribution in [-0.4, -0.2) is 17.6 Å². The zero-order valence-electron chi connectivity index (χ0n) is 10.3. The lowest BCUT2D eigenvalue weighted by Crippen LogP contribution is -2.32. The average Bonchev–Trinajstić information content (AvgIpc) is 3.09. The molecular formula is C13H14F3NO2. The Morgan fingerprint density at radius 3 is 2.37 bits per heavy atom. The van der Waals surface area contributed by atoms with Crippen molar-refractivity contribution in [2.45, 2.75) is 19.4 Å². The zero-order chi connectivity index (χ0) is 14.2. The zero-order valence-corrected chi connectivity index (χ0v) is 10.3. The molecule has 1 saturated carbocycles. The molecule has 0 aliphatic heterocycles. The van der Waals surface area contributed by atoms with Crippen molar-refractivity contribution < 1.29 is 23.1 Å². The van der Waals surface area contributed by atoms with Gasteiger partial charge in [0.1, 0.15) is 0 Å². The maximum Gasteiger partial charge on any atom is 0.223 e. The molecule has 1 amide bonds. The third-order valence-corrected chi connectivity index (χ3v) is 3.35. The van der Waals surface area contributed by atoms with Crippen molar-refractivity contribution in [3.63, 3.8) is 0 Å². The molecule has 0 aromatic heterocycles. The van der Waals surface area contributed by atoms with Gasteiger partial charge in [0, 0.05) is 5.92 Å². The molecule has 3 nitrogen and oxygen atoms in total. The summed E-state index contributed by atoms with van der Waals surface area (Å²) >= 11 is 0. The molecule has 0 spiro atoms. The molecule has 6 heteroatoms. The van der Waals surface area contributed by atoms with Crippen LogP contribution in [0.5, 0.6) is 0 Å². The first-order valence-corrected chi connectivity index (χ1v) is 5.99. The van der Waals surface area contributed by atoms with Gasteiger partial charge < -0.3 is 10.4 Å². The fraction of sp³-hybridized carbons (Fsp3) is 0.462. The summed E-state index contributed by atoms with van der Waals surface area (Å²) in [5, 5.41) is 11.7. The van der Waals surface area contributed by atoms with Gasteiger partial charge in [0.2, 0.25) is 5.91 Å². The minimum atomic E-state index is -1.57. The van der Waals surface area contributed by atoms with Gasteiger partial charge in [0.15, 0.2) is 17.5 Å². The Balaban J connectivity index is 2.15. The molecule has 1 aromatic carbocycles. The predicted molar refractivity (Wildman–Crippen MR) is 61.6 cm³/mol. The van der Waals surface area contributed by atoms with E-state index >= 15 is 0 Å². The van der Waals surface area contributed by atoms with Gasteiger partial charge in [-0.3, -0.25) is 4.79 Å². The molecule has 1 aliphatic carbocycles. The van der Waals surface area contributed by atoms with Crippen LogP contribution >= 0.6 is 0 Å². The fourth-order valence-electron chi connectivity index (χ4n) is 1.98. The minimum absolute atomic E-state index is 0.000512. The Morgan fingerprint density at radius 2 is 1.95 bits per heavy atom. The van der Waals surface area contributed by atoms with E-state index in [4.69, 9.17) is 0 Å². The highest BCUT2D eigenvalue weighted by Gasteiger charge is 2.39. The topological polar surface area (TPSA) is 49.3 Å². The summed E-state index contributed by atoms with van der Waals surface area (Å²) < 4.78 is 39.0. The molecule has 3 atom stereocenters. The molecule has 2 rings (SSSR count). The molecule has 0 heterocycles. The summed E-state index contributed by atoms with van der Waals surface area (Å²) in [6.07, 6.45) is 0.760. The highest BCUT2D eigenvalue weighted by atomic mass is 19.2. The number of aliphatic hydroxyl groups is 1. The Bertz CT molecular complexity index is 484. The SMILES string of the molecule is CC1CC1C(=O)NC(CO)c1cc(F)c(F)c(F)c1. The summed E-state index contributed by atoms with van der Waals surface area (Å²) in [7, 11) is 0. The Labute approximate surface area is 108 Å². The maximum atomic E-state index is 13.1. The van der Waals surface area contributed by atoms with Gasteiger partial charge in [-0.15, -0.1) is 0 Å². The second kappa shape index (κ2) is 5.21. The molecule has 3 unspecified atom stereocenters. The van der Waals surface area contributed by atoms with E-state index in [-0.39, 0.29) is 23.3 Å². The second-order valence-electron chi connectivity index (χ2n) is 4.86. The van der Waals surface area contributed by atoms with Crippen LogP contribution in [0.1, 0.15) is 24.9 Å². The first-order chi connectivity index (χ1) is 8.93. The van der Waals surface area contributed by atoms with Crippen LogP contribution in [0.15, 0.2) is 12.1 Å². The number of hydrogen-bond donors (Lipinski definition) is 2. The van der Waals surface area contributed by atoms with Gasteiger partial charge >= 0.3 is 0 Å². The van der Waals surface area contributed by atoms with E-state index < -0.39 is 30.1 Å². The third-order valence-electron chi connectivity index (χ3n) is 3.35. The normalized spacial score (nSPS) is 23.0. The number of carbonyl (C=O) groups is 1. The van der Waals surface area contributed by atoms with Gasteiger partial charge in [0.25, 0.3) is 0 Å². The van der Waals surface area contributed by atoms with Gasteiger partial charge in [-0.05, 0) is 30.0 Å². The van der Waals surface area contributed by atoms with Crippen LogP contribution in [0.4, 0.5) is 13.2 Å². The van der Waals surface area contributed by atoms with Gasteiger partial charge in [-0.2, -0.15) is 0 Å². The number of carbonyl (C=O) groups excluding carboxylic acids is 1. The highest BCUT2D eigenvalue weighted by Crippen LogP contribution is 2.38. The van der Waals surface area contributed by atoms with Crippen LogP contribution in [0, 0.1) is 29.3 Å². The van der Waals surface area contributed by atoms with Crippen LogP contribution < -0.4 is 5.32 Å². The fourth-order valence-corrected chi connectivity index (χ4v) is 1.98. The summed E-state index contributed by atoms with van der Waals surface area (Å²) in [6, 6.07) is 0.608.